The molecule has 6 rings (SSSR count). The third-order valence-corrected chi connectivity index (χ3v) is 8.02. The van der Waals surface area contributed by atoms with Crippen LogP contribution >= 0.6 is 0 Å². The Kier molecular flexibility index (Phi) is 5.70. The molecule has 1 aliphatic heterocycles. The lowest BCUT2D eigenvalue weighted by molar-refractivity contribution is -0.160. The molecule has 172 valence electrons. The number of benzene rings is 1. The van der Waals surface area contributed by atoms with Gasteiger partial charge in [0.05, 0.1) is 5.41 Å². The van der Waals surface area contributed by atoms with Gasteiger partial charge in [0.25, 0.3) is 0 Å². The minimum Gasteiger partial charge on any atom is -0.375 e. The number of rotatable bonds is 6. The largest absolute Gasteiger partial charge is 0.375 e. The maximum absolute atomic E-state index is 13.8. The molecule has 0 aromatic heterocycles. The molecule has 4 aliphatic carbocycles. The molecule has 1 saturated heterocycles. The van der Waals surface area contributed by atoms with E-state index < -0.39 is 6.04 Å². The fourth-order valence-corrected chi connectivity index (χ4v) is 7.15. The van der Waals surface area contributed by atoms with E-state index in [0.29, 0.717) is 35.7 Å². The highest BCUT2D eigenvalue weighted by Crippen LogP contribution is 2.60. The number of anilines is 2. The first-order valence-corrected chi connectivity index (χ1v) is 12.0. The maximum atomic E-state index is 13.8. The molecule has 7 nitrogen and oxygen atoms in total. The van der Waals surface area contributed by atoms with Crippen molar-refractivity contribution in [2.45, 2.75) is 57.4 Å². The van der Waals surface area contributed by atoms with E-state index in [1.165, 1.54) is 26.4 Å². The van der Waals surface area contributed by atoms with E-state index in [-0.39, 0.29) is 29.7 Å². The van der Waals surface area contributed by atoms with E-state index in [0.717, 1.165) is 32.1 Å². The standard InChI is InChI=1S/C25H33N3O4/c1-32-15-22(29)26-19-4-6-20(7-5-19)27-23(30)21-3-2-8-28(21)24(31)25-12-16-9-17(13-25)11-18(10-16)14-25/h4-7,16-18,21H,2-3,8-15H2,1H3,(H,26,29)(H,27,30). The van der Waals surface area contributed by atoms with Crippen LogP contribution in [0.2, 0.25) is 0 Å². The molecule has 5 fully saturated rings. The van der Waals surface area contributed by atoms with Gasteiger partial charge in [0.2, 0.25) is 17.7 Å². The third-order valence-electron chi connectivity index (χ3n) is 8.02. The first-order chi connectivity index (χ1) is 15.5. The van der Waals surface area contributed by atoms with E-state index >= 15 is 0 Å². The van der Waals surface area contributed by atoms with E-state index in [4.69, 9.17) is 4.74 Å². The number of amides is 3. The number of ether oxygens (including phenoxy) is 1. The summed E-state index contributed by atoms with van der Waals surface area (Å²) in [6, 6.07) is 6.63. The molecule has 4 saturated carbocycles. The normalized spacial score (nSPS) is 32.7. The maximum Gasteiger partial charge on any atom is 0.250 e. The van der Waals surface area contributed by atoms with Gasteiger partial charge >= 0.3 is 0 Å². The van der Waals surface area contributed by atoms with Gasteiger partial charge in [-0.1, -0.05) is 0 Å². The molecule has 3 amide bonds. The highest BCUT2D eigenvalue weighted by molar-refractivity contribution is 5.99. The molecule has 4 bridgehead atoms. The summed E-state index contributed by atoms with van der Waals surface area (Å²) < 4.78 is 4.81. The molecule has 7 heteroatoms. The van der Waals surface area contributed by atoms with Crippen molar-refractivity contribution in [2.24, 2.45) is 23.2 Å². The first-order valence-electron chi connectivity index (χ1n) is 12.0. The Morgan fingerprint density at radius 2 is 1.53 bits per heavy atom. The van der Waals surface area contributed by atoms with Crippen molar-refractivity contribution < 1.29 is 19.1 Å². The Morgan fingerprint density at radius 1 is 0.969 bits per heavy atom. The second-order valence-electron chi connectivity index (χ2n) is 10.4. The van der Waals surface area contributed by atoms with Gasteiger partial charge in [0.15, 0.2) is 0 Å². The zero-order chi connectivity index (χ0) is 22.3. The molecule has 2 N–H and O–H groups in total. The zero-order valence-corrected chi connectivity index (χ0v) is 18.8. The molecule has 0 radical (unpaired) electrons. The van der Waals surface area contributed by atoms with Crippen LogP contribution in [0.15, 0.2) is 24.3 Å². The lowest BCUT2D eigenvalue weighted by Gasteiger charge is -2.56. The van der Waals surface area contributed by atoms with Crippen LogP contribution in [0.3, 0.4) is 0 Å². The van der Waals surface area contributed by atoms with Crippen LogP contribution < -0.4 is 10.6 Å². The van der Waals surface area contributed by atoms with Crippen LogP contribution in [0, 0.1) is 23.2 Å². The topological polar surface area (TPSA) is 87.7 Å². The summed E-state index contributed by atoms with van der Waals surface area (Å²) in [5, 5.41) is 5.71. The number of likely N-dealkylation sites (tertiary alicyclic amines) is 1. The molecule has 0 spiro atoms. The molecule has 1 atom stereocenters. The summed E-state index contributed by atoms with van der Waals surface area (Å²) in [6.45, 7) is 0.677. The minimum absolute atomic E-state index is 0.00619. The van der Waals surface area contributed by atoms with Crippen LogP contribution in [-0.4, -0.2) is 48.9 Å². The Labute approximate surface area is 189 Å². The van der Waals surface area contributed by atoms with Gasteiger partial charge in [-0.25, -0.2) is 0 Å². The number of nitrogens with zero attached hydrogens (tertiary/aromatic N) is 1. The van der Waals surface area contributed by atoms with Crippen LogP contribution in [-0.2, 0) is 19.1 Å². The minimum atomic E-state index is -0.392. The lowest BCUT2D eigenvalue weighted by atomic mass is 9.49. The van der Waals surface area contributed by atoms with E-state index in [1.54, 1.807) is 24.3 Å². The smallest absolute Gasteiger partial charge is 0.250 e. The number of methoxy groups -OCH3 is 1. The van der Waals surface area contributed by atoms with Crippen LogP contribution in [0.1, 0.15) is 51.4 Å². The summed E-state index contributed by atoms with van der Waals surface area (Å²) in [4.78, 5) is 40.4. The molecule has 1 aromatic carbocycles. The van der Waals surface area contributed by atoms with Crippen molar-refractivity contribution in [2.75, 3.05) is 30.9 Å². The average molecular weight is 440 g/mol. The average Bonchev–Trinajstić information content (AvgIpc) is 3.24. The number of hydrogen-bond acceptors (Lipinski definition) is 4. The van der Waals surface area contributed by atoms with E-state index in [2.05, 4.69) is 10.6 Å². The van der Waals surface area contributed by atoms with Gasteiger partial charge in [0, 0.05) is 25.0 Å². The predicted octanol–water partition coefficient (Wildman–Crippen LogP) is 3.42. The Hall–Kier alpha value is -2.41. The summed E-state index contributed by atoms with van der Waals surface area (Å²) in [5.74, 6) is 2.03. The Morgan fingerprint density at radius 3 is 2.09 bits per heavy atom. The zero-order valence-electron chi connectivity index (χ0n) is 18.8. The van der Waals surface area contributed by atoms with Crippen molar-refractivity contribution in [1.82, 2.24) is 4.90 Å². The third kappa shape index (κ3) is 4.03. The number of carbonyl (C=O) groups excluding carboxylic acids is 3. The molecule has 5 aliphatic rings. The number of carbonyl (C=O) groups is 3. The van der Waals surface area contributed by atoms with E-state index in [9.17, 15) is 14.4 Å². The van der Waals surface area contributed by atoms with Gasteiger partial charge in [-0.05, 0) is 93.4 Å². The fraction of sp³-hybridized carbons (Fsp3) is 0.640. The molecule has 32 heavy (non-hydrogen) atoms. The van der Waals surface area contributed by atoms with Gasteiger partial charge in [-0.2, -0.15) is 0 Å². The second-order valence-corrected chi connectivity index (χ2v) is 10.4. The molecule has 1 aromatic rings. The molecule has 1 heterocycles. The van der Waals surface area contributed by atoms with Gasteiger partial charge in [-0.3, -0.25) is 14.4 Å². The van der Waals surface area contributed by atoms with E-state index in [1.807, 2.05) is 4.90 Å². The van der Waals surface area contributed by atoms with Crippen LogP contribution in [0.4, 0.5) is 11.4 Å². The molecule has 1 unspecified atom stereocenters. The Balaban J connectivity index is 1.23. The van der Waals surface area contributed by atoms with Crippen LogP contribution in [0.5, 0.6) is 0 Å². The van der Waals surface area contributed by atoms with Crippen molar-refractivity contribution in [3.63, 3.8) is 0 Å². The van der Waals surface area contributed by atoms with Crippen molar-refractivity contribution in [1.29, 1.82) is 0 Å². The lowest BCUT2D eigenvalue weighted by Crippen LogP contribution is -2.56. The van der Waals surface area contributed by atoms with Crippen molar-refractivity contribution >= 4 is 29.1 Å². The summed E-state index contributed by atoms with van der Waals surface area (Å²) in [5.41, 5.74) is 1.10. The summed E-state index contributed by atoms with van der Waals surface area (Å²) in [7, 11) is 1.47. The van der Waals surface area contributed by atoms with Gasteiger partial charge < -0.3 is 20.3 Å². The fourth-order valence-electron chi connectivity index (χ4n) is 7.15. The predicted molar refractivity (Wildman–Crippen MR) is 121 cm³/mol. The quantitative estimate of drug-likeness (QED) is 0.711. The molecular formula is C25H33N3O4. The summed E-state index contributed by atoms with van der Waals surface area (Å²) in [6.07, 6.45) is 8.58. The SMILES string of the molecule is COCC(=O)Nc1ccc(NC(=O)C2CCCN2C(=O)C23CC4CC(CC(C4)C2)C3)cc1. The highest BCUT2D eigenvalue weighted by atomic mass is 16.5. The van der Waals surface area contributed by atoms with Gasteiger partial charge in [0.1, 0.15) is 12.6 Å². The summed E-state index contributed by atoms with van der Waals surface area (Å²) >= 11 is 0. The van der Waals surface area contributed by atoms with Crippen molar-refractivity contribution in [3.8, 4) is 0 Å². The van der Waals surface area contributed by atoms with Crippen LogP contribution in [0.25, 0.3) is 0 Å². The number of hydrogen-bond donors (Lipinski definition) is 2. The highest BCUT2D eigenvalue weighted by Gasteiger charge is 2.56. The Bertz CT molecular complexity index is 862. The van der Waals surface area contributed by atoms with Gasteiger partial charge in [-0.15, -0.1) is 0 Å². The first kappa shape index (κ1) is 21.4. The second kappa shape index (κ2) is 8.50. The van der Waals surface area contributed by atoms with Crippen molar-refractivity contribution in [3.05, 3.63) is 24.3 Å². The number of nitrogens with one attached hydrogen (secondary N) is 2. The molecular weight excluding hydrogens is 406 g/mol. The monoisotopic (exact) mass is 439 g/mol.